The minimum atomic E-state index is -0.244. The number of amides is 1. The number of carbonyl (C=O) groups excluding carboxylic acids is 1. The number of nitrogens with zero attached hydrogens (tertiary/aromatic N) is 1. The highest BCUT2D eigenvalue weighted by atomic mass is 16.1. The Morgan fingerprint density at radius 1 is 1.19 bits per heavy atom. The maximum absolute atomic E-state index is 11.7. The molecular formula is C12H11N3O. The number of rotatable bonds is 2. The second kappa shape index (κ2) is 4.44. The quantitative estimate of drug-likeness (QED) is 0.749. The Kier molecular flexibility index (Phi) is 2.82. The Balaban J connectivity index is 2.14. The first-order valence-electron chi connectivity index (χ1n) is 4.83. The van der Waals surface area contributed by atoms with E-state index < -0.39 is 0 Å². The van der Waals surface area contributed by atoms with Crippen molar-refractivity contribution in [1.29, 1.82) is 0 Å². The second-order valence-electron chi connectivity index (χ2n) is 3.29. The maximum atomic E-state index is 11.7. The Morgan fingerprint density at radius 2 is 2.06 bits per heavy atom. The Hall–Kier alpha value is -2.36. The summed E-state index contributed by atoms with van der Waals surface area (Å²) in [5.74, 6) is -0.244. The molecular weight excluding hydrogens is 202 g/mol. The summed E-state index contributed by atoms with van der Waals surface area (Å²) in [4.78, 5) is 15.7. The lowest BCUT2D eigenvalue weighted by Crippen LogP contribution is -2.13. The predicted molar refractivity (Wildman–Crippen MR) is 63.0 cm³/mol. The number of nitrogen functional groups attached to an aromatic ring is 1. The fraction of sp³-hybridized carbons (Fsp3) is 0. The van der Waals surface area contributed by atoms with Crippen molar-refractivity contribution in [3.8, 4) is 0 Å². The van der Waals surface area contributed by atoms with Gasteiger partial charge >= 0.3 is 0 Å². The van der Waals surface area contributed by atoms with Gasteiger partial charge < -0.3 is 11.1 Å². The molecule has 0 saturated carbocycles. The fourth-order valence-corrected chi connectivity index (χ4v) is 1.31. The molecule has 0 bridgehead atoms. The van der Waals surface area contributed by atoms with Crippen LogP contribution < -0.4 is 11.1 Å². The van der Waals surface area contributed by atoms with Crippen LogP contribution in [0, 0.1) is 0 Å². The molecule has 0 unspecified atom stereocenters. The van der Waals surface area contributed by atoms with Crippen molar-refractivity contribution in [2.45, 2.75) is 0 Å². The summed E-state index contributed by atoms with van der Waals surface area (Å²) in [5, 5.41) is 2.72. The van der Waals surface area contributed by atoms with Crippen LogP contribution in [0.3, 0.4) is 0 Å². The minimum absolute atomic E-state index is 0.244. The standard InChI is InChI=1S/C12H11N3O/c13-9-4-3-5-10(8-9)15-12(16)11-6-1-2-7-14-11/h1-8H,13H2,(H,15,16). The van der Waals surface area contributed by atoms with Crippen LogP contribution in [-0.4, -0.2) is 10.9 Å². The average Bonchev–Trinajstić information content (AvgIpc) is 2.30. The van der Waals surface area contributed by atoms with E-state index in [9.17, 15) is 4.79 Å². The maximum Gasteiger partial charge on any atom is 0.274 e. The topological polar surface area (TPSA) is 68.0 Å². The van der Waals surface area contributed by atoms with Gasteiger partial charge in [0.05, 0.1) is 0 Å². The van der Waals surface area contributed by atoms with E-state index in [4.69, 9.17) is 5.73 Å². The van der Waals surface area contributed by atoms with Crippen LogP contribution in [0.5, 0.6) is 0 Å². The van der Waals surface area contributed by atoms with Gasteiger partial charge in [-0.3, -0.25) is 9.78 Å². The lowest BCUT2D eigenvalue weighted by Gasteiger charge is -2.04. The molecule has 0 radical (unpaired) electrons. The van der Waals surface area contributed by atoms with Gasteiger partial charge in [-0.2, -0.15) is 0 Å². The number of hydrogen-bond donors (Lipinski definition) is 2. The smallest absolute Gasteiger partial charge is 0.274 e. The molecule has 1 aromatic carbocycles. The molecule has 3 N–H and O–H groups in total. The van der Waals surface area contributed by atoms with E-state index in [2.05, 4.69) is 10.3 Å². The number of benzene rings is 1. The van der Waals surface area contributed by atoms with Crippen LogP contribution in [0.4, 0.5) is 11.4 Å². The van der Waals surface area contributed by atoms with Gasteiger partial charge in [-0.05, 0) is 30.3 Å². The Morgan fingerprint density at radius 3 is 2.75 bits per heavy atom. The van der Waals surface area contributed by atoms with Crippen molar-refractivity contribution in [3.05, 3.63) is 54.4 Å². The first-order valence-corrected chi connectivity index (χ1v) is 4.83. The number of anilines is 2. The average molecular weight is 213 g/mol. The summed E-state index contributed by atoms with van der Waals surface area (Å²) >= 11 is 0. The van der Waals surface area contributed by atoms with Crippen molar-refractivity contribution >= 4 is 17.3 Å². The molecule has 0 saturated heterocycles. The van der Waals surface area contributed by atoms with E-state index in [1.807, 2.05) is 0 Å². The molecule has 0 aliphatic rings. The molecule has 4 heteroatoms. The number of hydrogen-bond acceptors (Lipinski definition) is 3. The third-order valence-corrected chi connectivity index (χ3v) is 2.04. The van der Waals surface area contributed by atoms with E-state index in [1.165, 1.54) is 0 Å². The van der Waals surface area contributed by atoms with Gasteiger partial charge in [-0.25, -0.2) is 0 Å². The normalized spacial score (nSPS) is 9.75. The van der Waals surface area contributed by atoms with Crippen molar-refractivity contribution < 1.29 is 4.79 Å². The highest BCUT2D eigenvalue weighted by Gasteiger charge is 2.05. The molecule has 0 spiro atoms. The zero-order valence-corrected chi connectivity index (χ0v) is 8.55. The molecule has 4 nitrogen and oxygen atoms in total. The Bertz CT molecular complexity index is 497. The summed E-state index contributed by atoms with van der Waals surface area (Å²) < 4.78 is 0. The van der Waals surface area contributed by atoms with Crippen LogP contribution in [0.1, 0.15) is 10.5 Å². The molecule has 2 rings (SSSR count). The van der Waals surface area contributed by atoms with Crippen molar-refractivity contribution in [2.75, 3.05) is 11.1 Å². The van der Waals surface area contributed by atoms with Gasteiger partial charge in [0.15, 0.2) is 0 Å². The molecule has 0 aliphatic heterocycles. The second-order valence-corrected chi connectivity index (χ2v) is 3.29. The number of carbonyl (C=O) groups is 1. The third kappa shape index (κ3) is 2.36. The highest BCUT2D eigenvalue weighted by molar-refractivity contribution is 6.02. The van der Waals surface area contributed by atoms with E-state index >= 15 is 0 Å². The largest absolute Gasteiger partial charge is 0.399 e. The summed E-state index contributed by atoms with van der Waals surface area (Å²) in [6.07, 6.45) is 1.58. The number of nitrogens with two attached hydrogens (primary N) is 1. The van der Waals surface area contributed by atoms with Crippen LogP contribution in [0.15, 0.2) is 48.7 Å². The molecule has 0 aliphatic carbocycles. The number of aromatic nitrogens is 1. The minimum Gasteiger partial charge on any atom is -0.399 e. The molecule has 2 aromatic rings. The zero-order chi connectivity index (χ0) is 11.4. The van der Waals surface area contributed by atoms with E-state index in [0.29, 0.717) is 17.1 Å². The van der Waals surface area contributed by atoms with E-state index in [0.717, 1.165) is 0 Å². The van der Waals surface area contributed by atoms with E-state index in [1.54, 1.807) is 48.7 Å². The summed E-state index contributed by atoms with van der Waals surface area (Å²) in [7, 11) is 0. The molecule has 16 heavy (non-hydrogen) atoms. The molecule has 80 valence electrons. The lowest BCUT2D eigenvalue weighted by atomic mass is 10.2. The first-order chi connectivity index (χ1) is 7.75. The third-order valence-electron chi connectivity index (χ3n) is 2.04. The Labute approximate surface area is 93.1 Å². The summed E-state index contributed by atoms with van der Waals surface area (Å²) in [5.41, 5.74) is 7.26. The van der Waals surface area contributed by atoms with Crippen molar-refractivity contribution in [3.63, 3.8) is 0 Å². The summed E-state index contributed by atoms with van der Waals surface area (Å²) in [6, 6.07) is 12.2. The zero-order valence-electron chi connectivity index (χ0n) is 8.55. The van der Waals surface area contributed by atoms with Gasteiger partial charge in [0.1, 0.15) is 5.69 Å². The molecule has 0 fully saturated rings. The van der Waals surface area contributed by atoms with Crippen LogP contribution in [-0.2, 0) is 0 Å². The van der Waals surface area contributed by atoms with Gasteiger partial charge in [0, 0.05) is 17.6 Å². The highest BCUT2D eigenvalue weighted by Crippen LogP contribution is 2.12. The fourth-order valence-electron chi connectivity index (χ4n) is 1.31. The van der Waals surface area contributed by atoms with Crippen molar-refractivity contribution in [2.24, 2.45) is 0 Å². The van der Waals surface area contributed by atoms with Gasteiger partial charge in [-0.1, -0.05) is 12.1 Å². The number of pyridine rings is 1. The molecule has 1 amide bonds. The van der Waals surface area contributed by atoms with E-state index in [-0.39, 0.29) is 5.91 Å². The first kappa shape index (κ1) is 10.2. The van der Waals surface area contributed by atoms with Crippen LogP contribution in [0.25, 0.3) is 0 Å². The monoisotopic (exact) mass is 213 g/mol. The van der Waals surface area contributed by atoms with Gasteiger partial charge in [0.25, 0.3) is 5.91 Å². The number of nitrogens with one attached hydrogen (secondary N) is 1. The van der Waals surface area contributed by atoms with Gasteiger partial charge in [0.2, 0.25) is 0 Å². The van der Waals surface area contributed by atoms with Gasteiger partial charge in [-0.15, -0.1) is 0 Å². The molecule has 1 aromatic heterocycles. The lowest BCUT2D eigenvalue weighted by molar-refractivity contribution is 0.102. The van der Waals surface area contributed by atoms with Crippen molar-refractivity contribution in [1.82, 2.24) is 4.98 Å². The summed E-state index contributed by atoms with van der Waals surface area (Å²) in [6.45, 7) is 0. The SMILES string of the molecule is Nc1cccc(NC(=O)c2ccccn2)c1. The van der Waals surface area contributed by atoms with Crippen LogP contribution in [0.2, 0.25) is 0 Å². The molecule has 0 atom stereocenters. The predicted octanol–water partition coefficient (Wildman–Crippen LogP) is 1.92. The molecule has 1 heterocycles. The van der Waals surface area contributed by atoms with Crippen LogP contribution >= 0.6 is 0 Å².